The number of hydrogen-bond donors (Lipinski definition) is 2. The molecule has 2 aromatic rings. The van der Waals surface area contributed by atoms with E-state index in [0.29, 0.717) is 13.2 Å². The molecular formula is C16H25N7OS. The number of rotatable bonds is 6. The number of methoxy groups -OCH3 is 1. The molecule has 1 unspecified atom stereocenters. The molecule has 0 spiro atoms. The summed E-state index contributed by atoms with van der Waals surface area (Å²) in [6.45, 7) is 4.03. The fourth-order valence-corrected chi connectivity index (χ4v) is 3.57. The lowest BCUT2D eigenvalue weighted by molar-refractivity contribution is 0.177. The minimum Gasteiger partial charge on any atom is -0.377 e. The first-order chi connectivity index (χ1) is 12.2. The number of nitrogens with one attached hydrogen (secondary N) is 2. The van der Waals surface area contributed by atoms with Gasteiger partial charge in [-0.1, -0.05) is 6.92 Å². The van der Waals surface area contributed by atoms with Crippen molar-refractivity contribution in [1.82, 2.24) is 30.4 Å². The molecule has 25 heavy (non-hydrogen) atoms. The second-order valence-corrected chi connectivity index (χ2v) is 6.89. The number of hydrogen-bond acceptors (Lipinski definition) is 6. The highest BCUT2D eigenvalue weighted by atomic mass is 32.1. The molecule has 1 aliphatic heterocycles. The Bertz CT molecular complexity index is 724. The Morgan fingerprint density at radius 2 is 2.36 bits per heavy atom. The highest BCUT2D eigenvalue weighted by molar-refractivity contribution is 7.09. The van der Waals surface area contributed by atoms with Gasteiger partial charge in [0.15, 0.2) is 11.8 Å². The van der Waals surface area contributed by atoms with Crippen LogP contribution in [0.25, 0.3) is 0 Å². The first kappa shape index (κ1) is 17.8. The Hall–Kier alpha value is -2.00. The fraction of sp³-hybridized carbons (Fsp3) is 0.625. The average Bonchev–Trinajstić information content (AvgIpc) is 3.24. The van der Waals surface area contributed by atoms with Crippen LogP contribution in [0, 0.1) is 0 Å². The number of nitrogens with zero attached hydrogens (tertiary/aromatic N) is 5. The molecule has 0 bridgehead atoms. The number of aliphatic imine (C=N–C) groups is 1. The number of guanidine groups is 1. The zero-order valence-corrected chi connectivity index (χ0v) is 15.8. The number of ether oxygens (including phenoxy) is 1. The summed E-state index contributed by atoms with van der Waals surface area (Å²) in [4.78, 5) is 13.4. The molecule has 2 N–H and O–H groups in total. The van der Waals surface area contributed by atoms with Crippen LogP contribution in [0.1, 0.15) is 35.7 Å². The van der Waals surface area contributed by atoms with Crippen LogP contribution in [0.3, 0.4) is 0 Å². The van der Waals surface area contributed by atoms with Crippen LogP contribution in [0.4, 0.5) is 0 Å². The molecule has 0 aromatic carbocycles. The second-order valence-electron chi connectivity index (χ2n) is 5.95. The molecule has 2 aromatic heterocycles. The van der Waals surface area contributed by atoms with Crippen molar-refractivity contribution >= 4 is 17.3 Å². The summed E-state index contributed by atoms with van der Waals surface area (Å²) >= 11 is 1.70. The van der Waals surface area contributed by atoms with Crippen molar-refractivity contribution in [2.24, 2.45) is 4.99 Å². The van der Waals surface area contributed by atoms with Gasteiger partial charge in [0.05, 0.1) is 23.8 Å². The molecule has 0 saturated heterocycles. The quantitative estimate of drug-likeness (QED) is 0.591. The van der Waals surface area contributed by atoms with Crippen LogP contribution in [-0.2, 0) is 37.3 Å². The SMILES string of the molecule is CCc1nc(CNC(=NC)NC2CCc3nc(COC)nn3C2)cs1. The third kappa shape index (κ3) is 4.55. The summed E-state index contributed by atoms with van der Waals surface area (Å²) < 4.78 is 7.08. The van der Waals surface area contributed by atoms with Crippen molar-refractivity contribution in [2.45, 2.75) is 51.9 Å². The minimum absolute atomic E-state index is 0.275. The zero-order valence-electron chi connectivity index (χ0n) is 14.9. The molecule has 0 saturated carbocycles. The maximum atomic E-state index is 5.11. The van der Waals surface area contributed by atoms with Crippen LogP contribution >= 0.6 is 11.3 Å². The Balaban J connectivity index is 1.53. The van der Waals surface area contributed by atoms with Crippen LogP contribution < -0.4 is 10.6 Å². The van der Waals surface area contributed by atoms with E-state index in [1.54, 1.807) is 25.5 Å². The lowest BCUT2D eigenvalue weighted by atomic mass is 10.1. The first-order valence-electron chi connectivity index (χ1n) is 8.53. The van der Waals surface area contributed by atoms with E-state index in [-0.39, 0.29) is 6.04 Å². The topological polar surface area (TPSA) is 89.2 Å². The molecule has 0 fully saturated rings. The predicted molar refractivity (Wildman–Crippen MR) is 97.7 cm³/mol. The van der Waals surface area contributed by atoms with Crippen LogP contribution in [-0.4, -0.2) is 45.9 Å². The summed E-state index contributed by atoms with van der Waals surface area (Å²) in [5, 5.41) is 14.6. The van der Waals surface area contributed by atoms with Crippen molar-refractivity contribution in [2.75, 3.05) is 14.2 Å². The van der Waals surface area contributed by atoms with Gasteiger partial charge in [0.2, 0.25) is 0 Å². The molecule has 0 aliphatic carbocycles. The molecule has 9 heteroatoms. The molecule has 8 nitrogen and oxygen atoms in total. The molecule has 3 heterocycles. The molecule has 3 rings (SSSR count). The highest BCUT2D eigenvalue weighted by Crippen LogP contribution is 2.14. The summed E-state index contributed by atoms with van der Waals surface area (Å²) in [6.07, 6.45) is 2.88. The Kier molecular flexibility index (Phi) is 5.98. The van der Waals surface area contributed by atoms with Gasteiger partial charge in [0, 0.05) is 32.0 Å². The zero-order chi connectivity index (χ0) is 17.6. The Labute approximate surface area is 151 Å². The standard InChI is InChI=1S/C16H25N7OS/c1-4-15-19-12(10-25-15)7-18-16(17-2)20-11-5-6-14-21-13(9-24-3)22-23(14)8-11/h10-11H,4-9H2,1-3H3,(H2,17,18,20). The molecule has 0 amide bonds. The molecular weight excluding hydrogens is 338 g/mol. The number of thiazole rings is 1. The fourth-order valence-electron chi connectivity index (χ4n) is 2.82. The number of aryl methyl sites for hydroxylation is 2. The predicted octanol–water partition coefficient (Wildman–Crippen LogP) is 1.12. The normalized spacial score (nSPS) is 17.4. The lowest BCUT2D eigenvalue weighted by Crippen LogP contribution is -2.46. The summed E-state index contributed by atoms with van der Waals surface area (Å²) in [5.41, 5.74) is 1.05. The second kappa shape index (κ2) is 8.39. The maximum Gasteiger partial charge on any atom is 0.191 e. The largest absolute Gasteiger partial charge is 0.377 e. The van der Waals surface area contributed by atoms with Crippen molar-refractivity contribution in [1.29, 1.82) is 0 Å². The smallest absolute Gasteiger partial charge is 0.191 e. The van der Waals surface area contributed by atoms with E-state index < -0.39 is 0 Å². The Morgan fingerprint density at radius 3 is 3.08 bits per heavy atom. The maximum absolute atomic E-state index is 5.11. The van der Waals surface area contributed by atoms with Gasteiger partial charge in [-0.05, 0) is 12.8 Å². The van der Waals surface area contributed by atoms with Gasteiger partial charge in [0.25, 0.3) is 0 Å². The van der Waals surface area contributed by atoms with E-state index in [2.05, 4.69) is 43.0 Å². The third-order valence-corrected chi connectivity index (χ3v) is 5.12. The van der Waals surface area contributed by atoms with Crippen LogP contribution in [0.2, 0.25) is 0 Å². The van der Waals surface area contributed by atoms with Gasteiger partial charge in [-0.3, -0.25) is 4.99 Å². The summed E-state index contributed by atoms with van der Waals surface area (Å²) in [6, 6.07) is 0.275. The number of fused-ring (bicyclic) bond motifs is 1. The Morgan fingerprint density at radius 1 is 1.48 bits per heavy atom. The van der Waals surface area contributed by atoms with E-state index in [0.717, 1.165) is 54.1 Å². The molecule has 1 atom stereocenters. The minimum atomic E-state index is 0.275. The third-order valence-electron chi connectivity index (χ3n) is 4.08. The highest BCUT2D eigenvalue weighted by Gasteiger charge is 2.22. The van der Waals surface area contributed by atoms with Crippen molar-refractivity contribution < 1.29 is 4.74 Å². The molecule has 136 valence electrons. The van der Waals surface area contributed by atoms with E-state index in [1.807, 2.05) is 4.68 Å². The molecule has 1 aliphatic rings. The molecule has 0 radical (unpaired) electrons. The van der Waals surface area contributed by atoms with Crippen LogP contribution in [0.5, 0.6) is 0 Å². The summed E-state index contributed by atoms with van der Waals surface area (Å²) in [5.74, 6) is 2.57. The van der Waals surface area contributed by atoms with Gasteiger partial charge in [-0.25, -0.2) is 14.6 Å². The van der Waals surface area contributed by atoms with E-state index in [1.165, 1.54) is 0 Å². The monoisotopic (exact) mass is 363 g/mol. The number of aromatic nitrogens is 4. The van der Waals surface area contributed by atoms with Gasteiger partial charge in [-0.15, -0.1) is 11.3 Å². The van der Waals surface area contributed by atoms with E-state index >= 15 is 0 Å². The van der Waals surface area contributed by atoms with Gasteiger partial charge in [-0.2, -0.15) is 5.10 Å². The van der Waals surface area contributed by atoms with Crippen LogP contribution in [0.15, 0.2) is 10.4 Å². The van der Waals surface area contributed by atoms with Crippen molar-refractivity contribution in [3.63, 3.8) is 0 Å². The first-order valence-corrected chi connectivity index (χ1v) is 9.41. The average molecular weight is 363 g/mol. The van der Waals surface area contributed by atoms with Gasteiger partial charge in [0.1, 0.15) is 12.4 Å². The van der Waals surface area contributed by atoms with Crippen molar-refractivity contribution in [3.8, 4) is 0 Å². The van der Waals surface area contributed by atoms with Gasteiger partial charge < -0.3 is 15.4 Å². The lowest BCUT2D eigenvalue weighted by Gasteiger charge is -2.25. The summed E-state index contributed by atoms with van der Waals surface area (Å²) in [7, 11) is 3.44. The van der Waals surface area contributed by atoms with E-state index in [9.17, 15) is 0 Å². The van der Waals surface area contributed by atoms with Crippen molar-refractivity contribution in [3.05, 3.63) is 27.7 Å². The van der Waals surface area contributed by atoms with E-state index in [4.69, 9.17) is 4.74 Å². The van der Waals surface area contributed by atoms with Gasteiger partial charge >= 0.3 is 0 Å².